The van der Waals surface area contributed by atoms with Crippen molar-refractivity contribution in [1.29, 1.82) is 0 Å². The average molecular weight is 306 g/mol. The molecule has 0 aliphatic heterocycles. The summed E-state index contributed by atoms with van der Waals surface area (Å²) in [7, 11) is 0. The highest BCUT2D eigenvalue weighted by Gasteiger charge is 2.00. The first-order valence-electron chi connectivity index (χ1n) is 5.59. The van der Waals surface area contributed by atoms with Gasteiger partial charge in [0.1, 0.15) is 0 Å². The summed E-state index contributed by atoms with van der Waals surface area (Å²) >= 11 is 9.53. The Bertz CT molecular complexity index is 318. The molecule has 0 aromatic heterocycles. The second-order valence-corrected chi connectivity index (χ2v) is 4.94. The quantitative estimate of drug-likeness (QED) is 0.756. The van der Waals surface area contributed by atoms with E-state index in [4.69, 9.17) is 11.6 Å². The highest BCUT2D eigenvalue weighted by atomic mass is 79.9. The van der Waals surface area contributed by atoms with E-state index in [0.717, 1.165) is 47.7 Å². The number of nitrogens with one attached hydrogen (secondary N) is 2. The lowest BCUT2D eigenvalue weighted by Gasteiger charge is -2.07. The van der Waals surface area contributed by atoms with Crippen molar-refractivity contribution in [1.82, 2.24) is 10.6 Å². The summed E-state index contributed by atoms with van der Waals surface area (Å²) in [5, 5.41) is 7.50. The van der Waals surface area contributed by atoms with Crippen LogP contribution in [0.25, 0.3) is 0 Å². The van der Waals surface area contributed by atoms with Crippen LogP contribution in [0.1, 0.15) is 18.9 Å². The Morgan fingerprint density at radius 3 is 2.75 bits per heavy atom. The Labute approximate surface area is 111 Å². The van der Waals surface area contributed by atoms with Gasteiger partial charge in [-0.25, -0.2) is 0 Å². The highest BCUT2D eigenvalue weighted by molar-refractivity contribution is 9.10. The molecule has 1 aromatic rings. The Morgan fingerprint density at radius 2 is 2.00 bits per heavy atom. The van der Waals surface area contributed by atoms with Gasteiger partial charge in [-0.1, -0.05) is 34.5 Å². The van der Waals surface area contributed by atoms with Crippen molar-refractivity contribution in [2.45, 2.75) is 19.9 Å². The molecule has 0 saturated carbocycles. The number of rotatable bonds is 7. The molecule has 0 fully saturated rings. The topological polar surface area (TPSA) is 24.1 Å². The molecule has 4 heteroatoms. The maximum Gasteiger partial charge on any atom is 0.0451 e. The molecule has 1 rings (SSSR count). The molecule has 0 spiro atoms. The van der Waals surface area contributed by atoms with Gasteiger partial charge in [-0.05, 0) is 49.8 Å². The number of halogens is 2. The van der Waals surface area contributed by atoms with Crippen LogP contribution < -0.4 is 10.6 Å². The minimum atomic E-state index is 0.822. The molecule has 16 heavy (non-hydrogen) atoms. The van der Waals surface area contributed by atoms with Gasteiger partial charge in [0.05, 0.1) is 0 Å². The van der Waals surface area contributed by atoms with Crippen molar-refractivity contribution in [3.8, 4) is 0 Å². The van der Waals surface area contributed by atoms with E-state index in [1.165, 1.54) is 0 Å². The van der Waals surface area contributed by atoms with E-state index < -0.39 is 0 Å². The van der Waals surface area contributed by atoms with Crippen LogP contribution in [0.4, 0.5) is 0 Å². The second-order valence-electron chi connectivity index (χ2n) is 3.62. The molecule has 2 N–H and O–H groups in total. The smallest absolute Gasteiger partial charge is 0.0451 e. The largest absolute Gasteiger partial charge is 0.317 e. The monoisotopic (exact) mass is 304 g/mol. The molecule has 90 valence electrons. The minimum Gasteiger partial charge on any atom is -0.317 e. The Balaban J connectivity index is 2.23. The normalized spacial score (nSPS) is 10.7. The van der Waals surface area contributed by atoms with Gasteiger partial charge in [-0.15, -0.1) is 0 Å². The molecular formula is C12H18BrClN2. The second kappa shape index (κ2) is 8.07. The number of benzene rings is 1. The SMILES string of the molecule is CCNCCCNCc1cc(Br)ccc1Cl. The third-order valence-corrected chi connectivity index (χ3v) is 3.14. The highest BCUT2D eigenvalue weighted by Crippen LogP contribution is 2.20. The number of hydrogen-bond donors (Lipinski definition) is 2. The fourth-order valence-corrected chi connectivity index (χ4v) is 2.01. The molecule has 0 unspecified atom stereocenters. The first kappa shape index (κ1) is 14.0. The van der Waals surface area contributed by atoms with Crippen LogP contribution in [0.2, 0.25) is 5.02 Å². The lowest BCUT2D eigenvalue weighted by Crippen LogP contribution is -2.21. The van der Waals surface area contributed by atoms with E-state index >= 15 is 0 Å². The Morgan fingerprint density at radius 1 is 1.25 bits per heavy atom. The van der Waals surface area contributed by atoms with Gasteiger partial charge in [-0.2, -0.15) is 0 Å². The van der Waals surface area contributed by atoms with Crippen molar-refractivity contribution in [2.75, 3.05) is 19.6 Å². The van der Waals surface area contributed by atoms with Crippen LogP contribution in [0.15, 0.2) is 22.7 Å². The first-order chi connectivity index (χ1) is 7.74. The summed E-state index contributed by atoms with van der Waals surface area (Å²) < 4.78 is 1.07. The molecule has 0 heterocycles. The molecule has 2 nitrogen and oxygen atoms in total. The lowest BCUT2D eigenvalue weighted by molar-refractivity contribution is 0.606. The van der Waals surface area contributed by atoms with E-state index in [0.29, 0.717) is 0 Å². The maximum atomic E-state index is 6.09. The van der Waals surface area contributed by atoms with E-state index in [1.807, 2.05) is 12.1 Å². The summed E-state index contributed by atoms with van der Waals surface area (Å²) in [6.07, 6.45) is 1.14. The average Bonchev–Trinajstić information content (AvgIpc) is 2.28. The van der Waals surface area contributed by atoms with Gasteiger partial charge in [0.15, 0.2) is 0 Å². The van der Waals surface area contributed by atoms with Crippen LogP contribution in [0.3, 0.4) is 0 Å². The molecule has 0 bridgehead atoms. The zero-order chi connectivity index (χ0) is 11.8. The molecule has 0 saturated heterocycles. The van der Waals surface area contributed by atoms with Crippen molar-refractivity contribution in [3.63, 3.8) is 0 Å². The van der Waals surface area contributed by atoms with Crippen LogP contribution in [0, 0.1) is 0 Å². The van der Waals surface area contributed by atoms with Gasteiger partial charge in [-0.3, -0.25) is 0 Å². The Hall–Kier alpha value is -0.0900. The molecule has 1 aromatic carbocycles. The summed E-state index contributed by atoms with van der Waals surface area (Å²) in [6, 6.07) is 5.93. The molecule has 0 aliphatic carbocycles. The summed E-state index contributed by atoms with van der Waals surface area (Å²) in [5.74, 6) is 0. The van der Waals surface area contributed by atoms with Crippen LogP contribution in [0.5, 0.6) is 0 Å². The third-order valence-electron chi connectivity index (χ3n) is 2.28. The number of hydrogen-bond acceptors (Lipinski definition) is 2. The zero-order valence-corrected chi connectivity index (χ0v) is 11.9. The van der Waals surface area contributed by atoms with Gasteiger partial charge in [0, 0.05) is 16.0 Å². The summed E-state index contributed by atoms with van der Waals surface area (Å²) in [6.45, 7) is 6.06. The minimum absolute atomic E-state index is 0.822. The van der Waals surface area contributed by atoms with Gasteiger partial charge >= 0.3 is 0 Å². The van der Waals surface area contributed by atoms with E-state index in [2.05, 4.69) is 39.6 Å². The standard InChI is InChI=1S/C12H18BrClN2/c1-2-15-6-3-7-16-9-10-8-11(13)4-5-12(10)14/h4-5,8,15-16H,2-3,6-7,9H2,1H3. The predicted octanol–water partition coefficient (Wildman–Crippen LogP) is 3.19. The van der Waals surface area contributed by atoms with Crippen molar-refractivity contribution >= 4 is 27.5 Å². The first-order valence-corrected chi connectivity index (χ1v) is 6.76. The van der Waals surface area contributed by atoms with Crippen molar-refractivity contribution in [2.24, 2.45) is 0 Å². The van der Waals surface area contributed by atoms with E-state index in [-0.39, 0.29) is 0 Å². The van der Waals surface area contributed by atoms with Crippen LogP contribution in [-0.4, -0.2) is 19.6 Å². The molecular weight excluding hydrogens is 288 g/mol. The Kier molecular flexibility index (Phi) is 7.05. The molecule has 0 radical (unpaired) electrons. The van der Waals surface area contributed by atoms with Gasteiger partial charge in [0.2, 0.25) is 0 Å². The van der Waals surface area contributed by atoms with Crippen LogP contribution >= 0.6 is 27.5 Å². The third kappa shape index (κ3) is 5.30. The zero-order valence-electron chi connectivity index (χ0n) is 9.52. The van der Waals surface area contributed by atoms with Crippen molar-refractivity contribution < 1.29 is 0 Å². The lowest BCUT2D eigenvalue weighted by atomic mass is 10.2. The fraction of sp³-hybridized carbons (Fsp3) is 0.500. The van der Waals surface area contributed by atoms with Crippen LogP contribution in [-0.2, 0) is 6.54 Å². The van der Waals surface area contributed by atoms with Gasteiger partial charge < -0.3 is 10.6 Å². The summed E-state index contributed by atoms with van der Waals surface area (Å²) in [4.78, 5) is 0. The molecule has 0 amide bonds. The fourth-order valence-electron chi connectivity index (χ4n) is 1.42. The predicted molar refractivity (Wildman–Crippen MR) is 74.0 cm³/mol. The van der Waals surface area contributed by atoms with E-state index in [9.17, 15) is 0 Å². The summed E-state index contributed by atoms with van der Waals surface area (Å²) in [5.41, 5.74) is 1.14. The molecule has 0 aliphatic rings. The van der Waals surface area contributed by atoms with Crippen molar-refractivity contribution in [3.05, 3.63) is 33.3 Å². The maximum absolute atomic E-state index is 6.09. The van der Waals surface area contributed by atoms with E-state index in [1.54, 1.807) is 0 Å². The van der Waals surface area contributed by atoms with Gasteiger partial charge in [0.25, 0.3) is 0 Å². The molecule has 0 atom stereocenters.